The zero-order valence-electron chi connectivity index (χ0n) is 9.32. The van der Waals surface area contributed by atoms with Gasteiger partial charge in [0.1, 0.15) is 16.6 Å². The van der Waals surface area contributed by atoms with Crippen LogP contribution in [0.4, 0.5) is 20.3 Å². The lowest BCUT2D eigenvalue weighted by Gasteiger charge is -2.10. The third-order valence-electron chi connectivity index (χ3n) is 2.25. The lowest BCUT2D eigenvalue weighted by molar-refractivity contribution is 0.581. The van der Waals surface area contributed by atoms with Crippen LogP contribution in [0.3, 0.4) is 0 Å². The van der Waals surface area contributed by atoms with Crippen molar-refractivity contribution in [3.05, 3.63) is 46.1 Å². The molecule has 0 aliphatic carbocycles. The second-order valence-corrected chi connectivity index (χ2v) is 4.82. The summed E-state index contributed by atoms with van der Waals surface area (Å²) < 4.78 is 26.9. The first-order valence-electron chi connectivity index (χ1n) is 5.02. The average molecular weight is 345 g/mol. The van der Waals surface area contributed by atoms with Crippen molar-refractivity contribution < 1.29 is 8.78 Å². The van der Waals surface area contributed by atoms with Gasteiger partial charge in [0.05, 0.1) is 21.9 Å². The second-order valence-electron chi connectivity index (χ2n) is 3.53. The van der Waals surface area contributed by atoms with Gasteiger partial charge in [-0.05, 0) is 28.1 Å². The van der Waals surface area contributed by atoms with E-state index in [1.165, 1.54) is 12.3 Å². The molecule has 98 valence electrons. The van der Waals surface area contributed by atoms with Crippen molar-refractivity contribution in [2.75, 3.05) is 5.32 Å². The fraction of sp³-hybridized carbons (Fsp3) is 0. The van der Waals surface area contributed by atoms with E-state index in [0.717, 1.165) is 6.07 Å². The topological polar surface area (TPSA) is 63.8 Å². The first-order valence-corrected chi connectivity index (χ1v) is 6.22. The summed E-state index contributed by atoms with van der Waals surface area (Å²) in [6.45, 7) is 0. The molecule has 1 heterocycles. The van der Waals surface area contributed by atoms with E-state index in [9.17, 15) is 8.78 Å². The summed E-state index contributed by atoms with van der Waals surface area (Å²) in [6, 6.07) is 3.56. The second kappa shape index (κ2) is 5.54. The van der Waals surface area contributed by atoms with E-state index in [0.29, 0.717) is 5.56 Å². The van der Waals surface area contributed by atoms with Crippen molar-refractivity contribution in [1.82, 2.24) is 10.2 Å². The van der Waals surface area contributed by atoms with Crippen LogP contribution in [0.5, 0.6) is 0 Å². The number of hydrogen-bond acceptors (Lipinski definition) is 4. The summed E-state index contributed by atoms with van der Waals surface area (Å²) >= 11 is 7.83. The number of aromatic nitrogens is 2. The summed E-state index contributed by atoms with van der Waals surface area (Å²) in [7, 11) is 0. The molecule has 4 nitrogen and oxygen atoms in total. The number of nitrogens with one attached hydrogen (secondary N) is 1. The maximum absolute atomic E-state index is 13.6. The molecule has 3 N–H and O–H groups in total. The normalized spacial score (nSPS) is 10.3. The lowest BCUT2D eigenvalue weighted by atomic mass is 10.2. The van der Waals surface area contributed by atoms with Gasteiger partial charge in [-0.3, -0.25) is 0 Å². The fourth-order valence-electron chi connectivity index (χ4n) is 1.37. The number of hydrogen-bond donors (Lipinski definition) is 2. The summed E-state index contributed by atoms with van der Waals surface area (Å²) in [5.41, 5.74) is 5.98. The lowest BCUT2D eigenvalue weighted by Crippen LogP contribution is -2.13. The van der Waals surface area contributed by atoms with E-state index < -0.39 is 11.6 Å². The molecule has 0 fully saturated rings. The van der Waals surface area contributed by atoms with Crippen LogP contribution in [0, 0.1) is 11.6 Å². The molecule has 0 bridgehead atoms. The number of rotatable bonds is 3. The predicted molar refractivity (Wildman–Crippen MR) is 75.3 cm³/mol. The molecule has 0 radical (unpaired) electrons. The minimum atomic E-state index is -0.764. The molecule has 2 aromatic rings. The van der Waals surface area contributed by atoms with Crippen LogP contribution in [-0.2, 0) is 0 Å². The summed E-state index contributed by atoms with van der Waals surface area (Å²) in [5, 5.41) is 10.1. The molecule has 0 aliphatic heterocycles. The maximum atomic E-state index is 13.6. The summed E-state index contributed by atoms with van der Waals surface area (Å²) in [4.78, 5) is 0.0963. The molecular weight excluding hydrogens is 338 g/mol. The minimum Gasteiger partial charge on any atom is -0.389 e. The van der Waals surface area contributed by atoms with Crippen molar-refractivity contribution >= 4 is 44.6 Å². The van der Waals surface area contributed by atoms with Gasteiger partial charge in [-0.1, -0.05) is 12.2 Å². The minimum absolute atomic E-state index is 0.0336. The van der Waals surface area contributed by atoms with Crippen molar-refractivity contribution in [2.24, 2.45) is 5.73 Å². The third kappa shape index (κ3) is 3.02. The van der Waals surface area contributed by atoms with Crippen LogP contribution in [-0.4, -0.2) is 15.2 Å². The molecule has 0 aliphatic rings. The first kappa shape index (κ1) is 13.8. The molecule has 1 aromatic heterocycles. The number of halogens is 3. The van der Waals surface area contributed by atoms with Gasteiger partial charge in [0.25, 0.3) is 0 Å². The highest BCUT2D eigenvalue weighted by Crippen LogP contribution is 2.26. The Labute approximate surface area is 121 Å². The van der Waals surface area contributed by atoms with E-state index in [1.54, 1.807) is 6.07 Å². The molecule has 1 aromatic carbocycles. The van der Waals surface area contributed by atoms with Crippen LogP contribution >= 0.6 is 28.1 Å². The molecule has 0 amide bonds. The molecular formula is C11H7BrF2N4S. The molecule has 0 saturated heterocycles. The molecule has 19 heavy (non-hydrogen) atoms. The Morgan fingerprint density at radius 2 is 2.05 bits per heavy atom. The van der Waals surface area contributed by atoms with Crippen molar-refractivity contribution in [2.45, 2.75) is 0 Å². The van der Waals surface area contributed by atoms with E-state index >= 15 is 0 Å². The predicted octanol–water partition coefficient (Wildman–Crippen LogP) is 2.90. The number of benzene rings is 1. The van der Waals surface area contributed by atoms with Gasteiger partial charge < -0.3 is 11.1 Å². The van der Waals surface area contributed by atoms with Gasteiger partial charge in [0.2, 0.25) is 0 Å². The molecule has 0 saturated carbocycles. The van der Waals surface area contributed by atoms with Crippen molar-refractivity contribution in [3.8, 4) is 0 Å². The zero-order valence-corrected chi connectivity index (χ0v) is 11.7. The van der Waals surface area contributed by atoms with Gasteiger partial charge in [0.15, 0.2) is 5.82 Å². The van der Waals surface area contributed by atoms with Crippen LogP contribution in [0.2, 0.25) is 0 Å². The van der Waals surface area contributed by atoms with Gasteiger partial charge in [-0.2, -0.15) is 5.10 Å². The van der Waals surface area contributed by atoms with Crippen LogP contribution in [0.1, 0.15) is 5.56 Å². The molecule has 0 spiro atoms. The van der Waals surface area contributed by atoms with Gasteiger partial charge in [-0.15, -0.1) is 5.10 Å². The Hall–Kier alpha value is -1.67. The third-order valence-corrected chi connectivity index (χ3v) is 3.08. The van der Waals surface area contributed by atoms with Gasteiger partial charge >= 0.3 is 0 Å². The van der Waals surface area contributed by atoms with Crippen LogP contribution in [0.15, 0.2) is 28.9 Å². The van der Waals surface area contributed by atoms with Crippen LogP contribution < -0.4 is 11.1 Å². The smallest absolute Gasteiger partial charge is 0.163 e. The SMILES string of the molecule is NC(=S)c1ccnnc1Nc1cc(Br)c(F)cc1F. The van der Waals surface area contributed by atoms with Crippen LogP contribution in [0.25, 0.3) is 0 Å². The van der Waals surface area contributed by atoms with E-state index in [4.69, 9.17) is 18.0 Å². The van der Waals surface area contributed by atoms with Crippen molar-refractivity contribution in [1.29, 1.82) is 0 Å². The Kier molecular flexibility index (Phi) is 4.01. The molecule has 0 unspecified atom stereocenters. The average Bonchev–Trinajstić information content (AvgIpc) is 2.36. The number of thiocarbonyl (C=S) groups is 1. The Morgan fingerprint density at radius 3 is 2.74 bits per heavy atom. The monoisotopic (exact) mass is 344 g/mol. The van der Waals surface area contributed by atoms with Crippen molar-refractivity contribution in [3.63, 3.8) is 0 Å². The largest absolute Gasteiger partial charge is 0.389 e. The quantitative estimate of drug-likeness (QED) is 0.662. The maximum Gasteiger partial charge on any atom is 0.163 e. The fourth-order valence-corrected chi connectivity index (χ4v) is 1.88. The zero-order chi connectivity index (χ0) is 14.0. The number of nitrogens with zero attached hydrogens (tertiary/aromatic N) is 2. The highest BCUT2D eigenvalue weighted by Gasteiger charge is 2.12. The van der Waals surface area contributed by atoms with Gasteiger partial charge in [-0.25, -0.2) is 8.78 Å². The van der Waals surface area contributed by atoms with Gasteiger partial charge in [0, 0.05) is 6.07 Å². The molecule has 8 heteroatoms. The summed E-state index contributed by atoms with van der Waals surface area (Å²) in [5.74, 6) is -1.26. The Morgan fingerprint density at radius 1 is 1.32 bits per heavy atom. The highest BCUT2D eigenvalue weighted by atomic mass is 79.9. The number of nitrogens with two attached hydrogens (primary N) is 1. The molecule has 2 rings (SSSR count). The van der Waals surface area contributed by atoms with E-state index in [-0.39, 0.29) is 21.0 Å². The Bertz CT molecular complexity index is 651. The molecule has 0 atom stereocenters. The first-order chi connectivity index (χ1) is 8.99. The Balaban J connectivity index is 2.42. The van der Waals surface area contributed by atoms with E-state index in [1.807, 2.05) is 0 Å². The summed E-state index contributed by atoms with van der Waals surface area (Å²) in [6.07, 6.45) is 1.41. The number of anilines is 2. The highest BCUT2D eigenvalue weighted by molar-refractivity contribution is 9.10. The van der Waals surface area contributed by atoms with E-state index in [2.05, 4.69) is 31.4 Å². The standard InChI is InChI=1S/C11H7BrF2N4S/c12-6-3-9(8(14)4-7(6)13)17-11-5(10(15)19)1-2-16-18-11/h1-4H,(H2,15,19)(H,17,18).